The van der Waals surface area contributed by atoms with Gasteiger partial charge in [-0.25, -0.2) is 13.8 Å². The van der Waals surface area contributed by atoms with E-state index in [1.165, 1.54) is 0 Å². The van der Waals surface area contributed by atoms with Crippen LogP contribution in [0.5, 0.6) is 5.88 Å². The number of ether oxygens (including phenoxy) is 1. The maximum atomic E-state index is 12.9. The lowest BCUT2D eigenvalue weighted by atomic mass is 10.1. The van der Waals surface area contributed by atoms with Gasteiger partial charge in [-0.1, -0.05) is 11.6 Å². The molecule has 2 aromatic rings. The summed E-state index contributed by atoms with van der Waals surface area (Å²) in [6.07, 6.45) is 3.87. The average molecular weight is 412 g/mol. The van der Waals surface area contributed by atoms with Crippen molar-refractivity contribution < 1.29 is 18.3 Å². The summed E-state index contributed by atoms with van der Waals surface area (Å²) in [5.74, 6) is -3.00. The Bertz CT molecular complexity index is 905. The number of hydrogen-bond donors (Lipinski definition) is 0. The van der Waals surface area contributed by atoms with Gasteiger partial charge in [0.15, 0.2) is 12.9 Å². The molecule has 1 aliphatic heterocycles. The van der Waals surface area contributed by atoms with Gasteiger partial charge in [-0.05, 0) is 24.6 Å². The molecule has 1 unspecified atom stereocenters. The van der Waals surface area contributed by atoms with Crippen molar-refractivity contribution in [1.29, 1.82) is 0 Å². The smallest absolute Gasteiger partial charge is 0.278 e. The largest absolute Gasteiger partial charge is 0.470 e. The molecule has 2 aromatic heterocycles. The standard InChI is InChI=1S/C18H17ClF2N3O2P/c1-10(11-5-14(19)16(23-6-11)26-9-18(2,20)21)24-7-13-12(17(24)27)3-4-22-15(13)8-25/h3-6,8,10,27H,7,9H2,1-2H3. The molecule has 27 heavy (non-hydrogen) atoms. The van der Waals surface area contributed by atoms with Crippen molar-refractivity contribution in [3.8, 4) is 5.88 Å². The molecule has 3 heterocycles. The fourth-order valence-electron chi connectivity index (χ4n) is 2.88. The summed E-state index contributed by atoms with van der Waals surface area (Å²) < 4.78 is 30.9. The highest BCUT2D eigenvalue weighted by molar-refractivity contribution is 7.22. The van der Waals surface area contributed by atoms with Crippen LogP contribution in [-0.2, 0) is 6.54 Å². The van der Waals surface area contributed by atoms with Crippen LogP contribution in [0.1, 0.15) is 47.1 Å². The molecule has 0 saturated carbocycles. The molecule has 0 bridgehead atoms. The van der Waals surface area contributed by atoms with Gasteiger partial charge in [0.2, 0.25) is 5.88 Å². The number of halogens is 3. The molecule has 5 nitrogen and oxygen atoms in total. The average Bonchev–Trinajstić information content (AvgIpc) is 2.96. The number of fused-ring (bicyclic) bond motifs is 1. The number of carbonyl (C=O) groups is 1. The molecule has 142 valence electrons. The Kier molecular flexibility index (Phi) is 5.56. The van der Waals surface area contributed by atoms with Crippen LogP contribution >= 0.6 is 20.5 Å². The maximum Gasteiger partial charge on any atom is 0.278 e. The molecule has 3 rings (SSSR count). The van der Waals surface area contributed by atoms with Crippen LogP contribution in [0.3, 0.4) is 0 Å². The van der Waals surface area contributed by atoms with Crippen LogP contribution in [0.15, 0.2) is 24.5 Å². The van der Waals surface area contributed by atoms with E-state index in [0.29, 0.717) is 12.2 Å². The fourth-order valence-corrected chi connectivity index (χ4v) is 3.62. The molecule has 0 amide bonds. The van der Waals surface area contributed by atoms with Gasteiger partial charge in [-0.15, -0.1) is 8.86 Å². The Balaban J connectivity index is 1.81. The van der Waals surface area contributed by atoms with Crippen LogP contribution in [0.4, 0.5) is 8.78 Å². The van der Waals surface area contributed by atoms with Crippen molar-refractivity contribution in [3.05, 3.63) is 51.9 Å². The Morgan fingerprint density at radius 1 is 1.48 bits per heavy atom. The van der Waals surface area contributed by atoms with E-state index in [0.717, 1.165) is 35.3 Å². The maximum absolute atomic E-state index is 12.9. The normalized spacial score (nSPS) is 15.5. The summed E-state index contributed by atoms with van der Waals surface area (Å²) >= 11 is 6.16. The minimum absolute atomic E-state index is 0.0335. The van der Waals surface area contributed by atoms with Crippen LogP contribution in [0, 0.1) is 0 Å². The zero-order valence-corrected chi connectivity index (χ0v) is 16.4. The third-order valence-electron chi connectivity index (χ3n) is 4.31. The Hall–Kier alpha value is -1.95. The van der Waals surface area contributed by atoms with Gasteiger partial charge >= 0.3 is 0 Å². The topological polar surface area (TPSA) is 55.3 Å². The van der Waals surface area contributed by atoms with Gasteiger partial charge in [-0.2, -0.15) is 0 Å². The second kappa shape index (κ2) is 7.58. The molecular formula is C18H17ClF2N3O2P. The van der Waals surface area contributed by atoms with Gasteiger partial charge in [0, 0.05) is 48.4 Å². The second-order valence-electron chi connectivity index (χ2n) is 6.41. The number of alkyl halides is 2. The van der Waals surface area contributed by atoms with Crippen molar-refractivity contribution in [2.45, 2.75) is 32.4 Å². The van der Waals surface area contributed by atoms with Crippen LogP contribution in [0.25, 0.3) is 0 Å². The molecular weight excluding hydrogens is 395 g/mol. The molecule has 0 N–H and O–H groups in total. The second-order valence-corrected chi connectivity index (χ2v) is 7.29. The number of rotatable bonds is 6. The van der Waals surface area contributed by atoms with Crippen LogP contribution in [0.2, 0.25) is 5.02 Å². The van der Waals surface area contributed by atoms with E-state index in [1.807, 2.05) is 17.9 Å². The lowest BCUT2D eigenvalue weighted by Gasteiger charge is -2.25. The van der Waals surface area contributed by atoms with E-state index >= 15 is 0 Å². The van der Waals surface area contributed by atoms with E-state index in [-0.39, 0.29) is 16.9 Å². The van der Waals surface area contributed by atoms with Crippen LogP contribution in [-0.4, -0.2) is 39.1 Å². The van der Waals surface area contributed by atoms with Crippen molar-refractivity contribution in [1.82, 2.24) is 14.9 Å². The SMILES string of the molecule is CC(c1cnc(OCC(C)(F)F)c(Cl)c1)N1Cc2c(ccnc2C=O)C1=P. The highest BCUT2D eigenvalue weighted by atomic mass is 35.5. The van der Waals surface area contributed by atoms with Gasteiger partial charge in [0.1, 0.15) is 10.7 Å². The van der Waals surface area contributed by atoms with Gasteiger partial charge in [0.25, 0.3) is 5.92 Å². The van der Waals surface area contributed by atoms with E-state index in [1.54, 1.807) is 18.5 Å². The predicted molar refractivity (Wildman–Crippen MR) is 101 cm³/mol. The third kappa shape index (κ3) is 4.15. The molecule has 0 aliphatic carbocycles. The van der Waals surface area contributed by atoms with Crippen molar-refractivity contribution in [3.63, 3.8) is 0 Å². The number of aldehydes is 1. The summed E-state index contributed by atoms with van der Waals surface area (Å²) in [7, 11) is 3.64. The molecule has 0 aromatic carbocycles. The summed E-state index contributed by atoms with van der Waals surface area (Å²) in [6.45, 7) is 2.41. The van der Waals surface area contributed by atoms with Gasteiger partial charge < -0.3 is 4.74 Å². The molecule has 0 fully saturated rings. The Labute approximate surface area is 162 Å². The van der Waals surface area contributed by atoms with Gasteiger partial charge in [0.05, 0.1) is 0 Å². The van der Waals surface area contributed by atoms with Crippen LogP contribution < -0.4 is 4.74 Å². The number of carbonyl (C=O) groups excluding carboxylic acids is 1. The molecule has 0 radical (unpaired) electrons. The molecule has 0 spiro atoms. The first kappa shape index (κ1) is 19.8. The number of pyridine rings is 2. The van der Waals surface area contributed by atoms with Crippen molar-refractivity contribution in [2.75, 3.05) is 6.61 Å². The summed E-state index contributed by atoms with van der Waals surface area (Å²) in [4.78, 5) is 21.4. The number of nitrogens with zero attached hydrogens (tertiary/aromatic N) is 3. The monoisotopic (exact) mass is 411 g/mol. The quantitative estimate of drug-likeness (QED) is 0.527. The highest BCUT2D eigenvalue weighted by Crippen LogP contribution is 2.35. The van der Waals surface area contributed by atoms with Crippen molar-refractivity contribution in [2.24, 2.45) is 0 Å². The van der Waals surface area contributed by atoms with E-state index in [9.17, 15) is 13.6 Å². The first-order valence-corrected chi connectivity index (χ1v) is 9.03. The molecule has 1 aliphatic rings. The highest BCUT2D eigenvalue weighted by Gasteiger charge is 2.31. The predicted octanol–water partition coefficient (Wildman–Crippen LogP) is 4.17. The van der Waals surface area contributed by atoms with Gasteiger partial charge in [-0.3, -0.25) is 14.7 Å². The lowest BCUT2D eigenvalue weighted by Crippen LogP contribution is -2.26. The first-order chi connectivity index (χ1) is 12.7. The summed E-state index contributed by atoms with van der Waals surface area (Å²) in [5.41, 5.74) is 3.75. The summed E-state index contributed by atoms with van der Waals surface area (Å²) in [6, 6.07) is 3.34. The molecule has 0 saturated heterocycles. The zero-order chi connectivity index (χ0) is 19.8. The lowest BCUT2D eigenvalue weighted by molar-refractivity contribution is -0.0242. The third-order valence-corrected chi connectivity index (χ3v) is 5.14. The molecule has 1 atom stereocenters. The fraction of sp³-hybridized carbons (Fsp3) is 0.333. The Morgan fingerprint density at radius 3 is 2.85 bits per heavy atom. The minimum Gasteiger partial charge on any atom is -0.470 e. The summed E-state index contributed by atoms with van der Waals surface area (Å²) in [5, 5.41) is 0.158. The minimum atomic E-state index is -2.97. The first-order valence-electron chi connectivity index (χ1n) is 8.16. The Morgan fingerprint density at radius 2 is 2.22 bits per heavy atom. The zero-order valence-electron chi connectivity index (χ0n) is 14.7. The number of hydrogen-bond acceptors (Lipinski definition) is 4. The van der Waals surface area contributed by atoms with E-state index < -0.39 is 12.5 Å². The number of aromatic nitrogens is 2. The van der Waals surface area contributed by atoms with Crippen molar-refractivity contribution >= 4 is 32.2 Å². The van der Waals surface area contributed by atoms with E-state index in [4.69, 9.17) is 16.3 Å². The molecule has 9 heteroatoms. The van der Waals surface area contributed by atoms with E-state index in [2.05, 4.69) is 18.8 Å².